The van der Waals surface area contributed by atoms with Crippen LogP contribution < -0.4 is 0 Å². The standard InChI is InChI=1S/C17H19BrClF3N4OSi/c1-28(2,3)5-4-27-10-25-9-12(11-7-23-26(8-11)17(20,21)22)15-16(25)13(18)6-14(19)24-15/h6-9H,4-5,10H2,1-3H3. The molecule has 0 aliphatic heterocycles. The van der Waals surface area contributed by atoms with Gasteiger partial charge in [-0.1, -0.05) is 31.2 Å². The molecule has 0 aliphatic carbocycles. The molecule has 0 bridgehead atoms. The van der Waals surface area contributed by atoms with Gasteiger partial charge >= 0.3 is 6.30 Å². The van der Waals surface area contributed by atoms with E-state index in [1.54, 1.807) is 12.3 Å². The lowest BCUT2D eigenvalue weighted by Gasteiger charge is -2.16. The second kappa shape index (κ2) is 7.81. The zero-order valence-corrected chi connectivity index (χ0v) is 18.9. The van der Waals surface area contributed by atoms with Crippen LogP contribution in [0.5, 0.6) is 0 Å². The average molecular weight is 496 g/mol. The van der Waals surface area contributed by atoms with Gasteiger partial charge in [0, 0.05) is 42.7 Å². The lowest BCUT2D eigenvalue weighted by molar-refractivity contribution is -0.212. The maximum atomic E-state index is 12.9. The molecule has 3 heterocycles. The molecule has 28 heavy (non-hydrogen) atoms. The SMILES string of the molecule is C[Si](C)(C)CCOCn1cc(-c2cnn(C(F)(F)F)c2)c2nc(Cl)cc(Br)c21. The van der Waals surface area contributed by atoms with E-state index in [2.05, 4.69) is 45.7 Å². The third kappa shape index (κ3) is 4.78. The predicted molar refractivity (Wildman–Crippen MR) is 109 cm³/mol. The fourth-order valence-corrected chi connectivity index (χ4v) is 4.39. The number of pyridine rings is 1. The first-order valence-corrected chi connectivity index (χ1v) is 13.4. The number of rotatable bonds is 6. The molecule has 3 rings (SSSR count). The topological polar surface area (TPSA) is 44.9 Å². The highest BCUT2D eigenvalue weighted by molar-refractivity contribution is 9.10. The monoisotopic (exact) mass is 494 g/mol. The molecule has 11 heteroatoms. The Hall–Kier alpha value is -1.36. The first-order valence-electron chi connectivity index (χ1n) is 8.50. The van der Waals surface area contributed by atoms with E-state index in [-0.39, 0.29) is 16.6 Å². The summed E-state index contributed by atoms with van der Waals surface area (Å²) in [7, 11) is -1.22. The smallest absolute Gasteiger partial charge is 0.361 e. The number of nitrogens with zero attached hydrogens (tertiary/aromatic N) is 4. The van der Waals surface area contributed by atoms with Crippen molar-refractivity contribution in [1.82, 2.24) is 19.3 Å². The molecule has 0 fully saturated rings. The van der Waals surface area contributed by atoms with Crippen LogP contribution in [0.3, 0.4) is 0 Å². The van der Waals surface area contributed by atoms with Crippen molar-refractivity contribution in [3.8, 4) is 11.1 Å². The lowest BCUT2D eigenvalue weighted by Crippen LogP contribution is -2.22. The van der Waals surface area contributed by atoms with Gasteiger partial charge in [-0.2, -0.15) is 9.78 Å². The van der Waals surface area contributed by atoms with E-state index in [1.807, 2.05) is 4.57 Å². The van der Waals surface area contributed by atoms with Gasteiger partial charge in [0.1, 0.15) is 11.9 Å². The summed E-state index contributed by atoms with van der Waals surface area (Å²) < 4.78 is 47.0. The van der Waals surface area contributed by atoms with Crippen molar-refractivity contribution in [3.05, 3.63) is 34.3 Å². The van der Waals surface area contributed by atoms with Gasteiger partial charge in [0.05, 0.1) is 17.2 Å². The largest absolute Gasteiger partial charge is 0.504 e. The Morgan fingerprint density at radius 1 is 1.25 bits per heavy atom. The molecule has 0 radical (unpaired) electrons. The van der Waals surface area contributed by atoms with Crippen LogP contribution in [0.1, 0.15) is 0 Å². The van der Waals surface area contributed by atoms with Crippen LogP contribution in [-0.4, -0.2) is 34.0 Å². The molecule has 3 aromatic rings. The Morgan fingerprint density at radius 3 is 2.57 bits per heavy atom. The summed E-state index contributed by atoms with van der Waals surface area (Å²) in [6, 6.07) is 2.66. The van der Waals surface area contributed by atoms with Gasteiger partial charge in [-0.3, -0.25) is 0 Å². The van der Waals surface area contributed by atoms with Crippen LogP contribution in [0.4, 0.5) is 13.2 Å². The van der Waals surface area contributed by atoms with Crippen LogP contribution in [0.2, 0.25) is 30.8 Å². The van der Waals surface area contributed by atoms with Crippen LogP contribution in [0.25, 0.3) is 22.2 Å². The maximum absolute atomic E-state index is 12.9. The zero-order valence-electron chi connectivity index (χ0n) is 15.5. The van der Waals surface area contributed by atoms with E-state index in [0.29, 0.717) is 33.2 Å². The molecule has 0 unspecified atom stereocenters. The Labute approximate surface area is 174 Å². The van der Waals surface area contributed by atoms with Gasteiger partial charge in [0.25, 0.3) is 0 Å². The summed E-state index contributed by atoms with van der Waals surface area (Å²) in [5.41, 5.74) is 1.98. The van der Waals surface area contributed by atoms with Crippen molar-refractivity contribution in [2.24, 2.45) is 0 Å². The van der Waals surface area contributed by atoms with Crippen molar-refractivity contribution < 1.29 is 17.9 Å². The van der Waals surface area contributed by atoms with E-state index in [9.17, 15) is 13.2 Å². The number of aromatic nitrogens is 4. The van der Waals surface area contributed by atoms with Crippen molar-refractivity contribution in [1.29, 1.82) is 0 Å². The Kier molecular flexibility index (Phi) is 5.95. The molecule has 0 atom stereocenters. The molecule has 0 saturated heterocycles. The van der Waals surface area contributed by atoms with E-state index >= 15 is 0 Å². The van der Waals surface area contributed by atoms with Gasteiger partial charge in [0.15, 0.2) is 0 Å². The summed E-state index contributed by atoms with van der Waals surface area (Å²) >= 11 is 9.54. The number of hydrogen-bond donors (Lipinski definition) is 0. The minimum atomic E-state index is -4.58. The van der Waals surface area contributed by atoms with Crippen molar-refractivity contribution >= 4 is 46.6 Å². The Bertz CT molecular complexity index is 997. The van der Waals surface area contributed by atoms with Gasteiger partial charge < -0.3 is 9.30 Å². The van der Waals surface area contributed by atoms with Gasteiger partial charge in [0.2, 0.25) is 0 Å². The summed E-state index contributed by atoms with van der Waals surface area (Å²) in [6.45, 7) is 7.67. The number of alkyl halides is 3. The highest BCUT2D eigenvalue weighted by Crippen LogP contribution is 2.35. The third-order valence-corrected chi connectivity index (χ3v) is 6.62. The van der Waals surface area contributed by atoms with E-state index in [0.717, 1.165) is 18.4 Å². The highest BCUT2D eigenvalue weighted by Gasteiger charge is 2.32. The molecule has 0 N–H and O–H groups in total. The van der Waals surface area contributed by atoms with Crippen LogP contribution in [-0.2, 0) is 17.8 Å². The number of halogens is 5. The average Bonchev–Trinajstić information content (AvgIpc) is 3.15. The molecule has 152 valence electrons. The second-order valence-corrected chi connectivity index (χ2v) is 14.5. The normalized spacial score (nSPS) is 12.9. The maximum Gasteiger partial charge on any atom is 0.504 e. The van der Waals surface area contributed by atoms with Crippen LogP contribution in [0, 0.1) is 0 Å². The predicted octanol–water partition coefficient (Wildman–Crippen LogP) is 6.10. The molecular formula is C17H19BrClF3N4OSi. The zero-order chi connectivity index (χ0) is 20.7. The van der Waals surface area contributed by atoms with Crippen molar-refractivity contribution in [3.63, 3.8) is 0 Å². The second-order valence-electron chi connectivity index (χ2n) is 7.63. The molecule has 0 amide bonds. The number of fused-ring (bicyclic) bond motifs is 1. The van der Waals surface area contributed by atoms with Gasteiger partial charge in [-0.25, -0.2) is 4.98 Å². The van der Waals surface area contributed by atoms with Gasteiger partial charge in [-0.15, -0.1) is 13.2 Å². The first kappa shape index (κ1) is 21.3. The number of hydrogen-bond acceptors (Lipinski definition) is 3. The molecule has 5 nitrogen and oxygen atoms in total. The molecular weight excluding hydrogens is 477 g/mol. The summed E-state index contributed by atoms with van der Waals surface area (Å²) in [5, 5.41) is 3.65. The van der Waals surface area contributed by atoms with Crippen LogP contribution in [0.15, 0.2) is 29.1 Å². The van der Waals surface area contributed by atoms with E-state index < -0.39 is 14.4 Å². The highest BCUT2D eigenvalue weighted by atomic mass is 79.9. The fourth-order valence-electron chi connectivity index (χ4n) is 2.68. The summed E-state index contributed by atoms with van der Waals surface area (Å²) in [4.78, 5) is 4.32. The first-order chi connectivity index (χ1) is 13.0. The quantitative estimate of drug-likeness (QED) is 0.236. The minimum Gasteiger partial charge on any atom is -0.361 e. The van der Waals surface area contributed by atoms with Crippen molar-refractivity contribution in [2.75, 3.05) is 6.61 Å². The third-order valence-electron chi connectivity index (χ3n) is 4.12. The van der Waals surface area contributed by atoms with E-state index in [1.165, 1.54) is 0 Å². The fraction of sp³-hybridized carbons (Fsp3) is 0.412. The molecule has 0 saturated carbocycles. The molecule has 0 aliphatic rings. The molecule has 0 aromatic carbocycles. The molecule has 0 spiro atoms. The minimum absolute atomic E-state index is 0.0322. The number of ether oxygens (including phenoxy) is 1. The summed E-state index contributed by atoms with van der Waals surface area (Å²) in [6.07, 6.45) is -0.774. The van der Waals surface area contributed by atoms with E-state index in [4.69, 9.17) is 16.3 Å². The molecule has 3 aromatic heterocycles. The summed E-state index contributed by atoms with van der Waals surface area (Å²) in [5.74, 6) is 0. The Morgan fingerprint density at radius 2 is 1.96 bits per heavy atom. The Balaban J connectivity index is 1.98. The lowest BCUT2D eigenvalue weighted by atomic mass is 10.1. The van der Waals surface area contributed by atoms with Crippen molar-refractivity contribution in [2.45, 2.75) is 38.7 Å². The van der Waals surface area contributed by atoms with Crippen LogP contribution >= 0.6 is 27.5 Å². The van der Waals surface area contributed by atoms with Gasteiger partial charge in [-0.05, 0) is 28.0 Å².